The van der Waals surface area contributed by atoms with E-state index in [0.717, 1.165) is 12.8 Å². The van der Waals surface area contributed by atoms with Gasteiger partial charge in [-0.2, -0.15) is 0 Å². The molecular formula is C27H48NO7P. The molecule has 0 spiro atoms. The first kappa shape index (κ1) is 31.0. The number of quaternary nitrogens is 1. The third-order valence-corrected chi connectivity index (χ3v) is 7.75. The highest BCUT2D eigenvalue weighted by molar-refractivity contribution is 7.45. The third kappa shape index (κ3) is 11.9. The van der Waals surface area contributed by atoms with E-state index in [2.05, 4.69) is 6.92 Å². The maximum absolute atomic E-state index is 11.9. The molecule has 2 aliphatic rings. The zero-order valence-corrected chi connectivity index (χ0v) is 23.6. The van der Waals surface area contributed by atoms with Crippen LogP contribution >= 0.6 is 7.82 Å². The van der Waals surface area contributed by atoms with Crippen LogP contribution in [0.1, 0.15) is 110 Å². The minimum atomic E-state index is -4.42. The fraction of sp³-hybridized carbons (Fsp3) is 0.815. The topological polar surface area (TPSA) is 94.1 Å². The van der Waals surface area contributed by atoms with Crippen molar-refractivity contribution in [3.05, 3.63) is 23.6 Å². The maximum atomic E-state index is 11.9. The fourth-order valence-corrected chi connectivity index (χ4v) is 5.86. The van der Waals surface area contributed by atoms with E-state index in [1.54, 1.807) is 19.2 Å². The number of carbonyl (C=O) groups is 1. The first-order chi connectivity index (χ1) is 17.3. The Balaban J connectivity index is 1.58. The van der Waals surface area contributed by atoms with E-state index in [9.17, 15) is 14.3 Å². The number of allylic oxidation sites excluding steroid dienone is 1. The highest BCUT2D eigenvalue weighted by atomic mass is 31.2. The van der Waals surface area contributed by atoms with Crippen molar-refractivity contribution < 1.29 is 37.5 Å². The van der Waals surface area contributed by atoms with Gasteiger partial charge in [-0.15, -0.1) is 9.27 Å². The number of phosphoric acid groups is 1. The molecule has 0 radical (unpaired) electrons. The first-order valence-electron chi connectivity index (χ1n) is 14.0. The Morgan fingerprint density at radius 1 is 1.03 bits per heavy atom. The van der Waals surface area contributed by atoms with Gasteiger partial charge in [0.05, 0.1) is 13.0 Å². The molecular weight excluding hydrogens is 481 g/mol. The van der Waals surface area contributed by atoms with Gasteiger partial charge in [-0.05, 0) is 18.6 Å². The summed E-state index contributed by atoms with van der Waals surface area (Å²) in [5, 5.41) is 0. The number of likely N-dealkylation sites (N-methyl/N-ethyl adjacent to an activating group) is 1. The molecule has 0 aromatic rings. The summed E-state index contributed by atoms with van der Waals surface area (Å²) in [5.74, 6) is -0.173. The quantitative estimate of drug-likeness (QED) is 0.0773. The van der Waals surface area contributed by atoms with Crippen molar-refractivity contribution >= 4 is 13.8 Å². The summed E-state index contributed by atoms with van der Waals surface area (Å²) in [4.78, 5) is 23.5. The van der Waals surface area contributed by atoms with E-state index in [4.69, 9.17) is 18.6 Å². The predicted octanol–water partition coefficient (Wildman–Crippen LogP) is 6.46. The monoisotopic (exact) mass is 529 g/mol. The third-order valence-electron chi connectivity index (χ3n) is 6.77. The number of hydroxylamine groups is 3. The van der Waals surface area contributed by atoms with Crippen LogP contribution in [0.25, 0.3) is 0 Å². The molecule has 0 aromatic carbocycles. The minimum absolute atomic E-state index is 0.234. The van der Waals surface area contributed by atoms with Crippen LogP contribution in [-0.4, -0.2) is 43.5 Å². The highest BCUT2D eigenvalue weighted by Crippen LogP contribution is 2.53. The van der Waals surface area contributed by atoms with E-state index in [-0.39, 0.29) is 23.4 Å². The summed E-state index contributed by atoms with van der Waals surface area (Å²) in [7, 11) is -2.76. The van der Waals surface area contributed by atoms with Crippen LogP contribution in [0.4, 0.5) is 0 Å². The summed E-state index contributed by atoms with van der Waals surface area (Å²) in [5.41, 5.74) is 0.617. The van der Waals surface area contributed by atoms with E-state index in [1.807, 2.05) is 0 Å². The summed E-state index contributed by atoms with van der Waals surface area (Å²) in [6.45, 7) is 4.82. The second-order valence-electron chi connectivity index (χ2n) is 10.2. The number of hydrogen-bond acceptors (Lipinski definition) is 7. The fourth-order valence-electron chi connectivity index (χ4n) is 4.82. The van der Waals surface area contributed by atoms with Gasteiger partial charge in [0.2, 0.25) is 0 Å². The Hall–Kier alpha value is -1.18. The molecule has 0 aromatic heterocycles. The standard InChI is InChI=1S/C27H48NO7P/c1-4-5-6-7-8-9-10-11-12-13-14-15-16-17-21-32-23-25(33-24(2)29)22-26-27-19-18-20-28(26,3)35-36(30,31)34-27/h18-19,25H,4-17,20-23H2,1-3H3. The van der Waals surface area contributed by atoms with Crippen LogP contribution in [0.15, 0.2) is 23.6 Å². The van der Waals surface area contributed by atoms with Crippen molar-refractivity contribution in [3.8, 4) is 0 Å². The van der Waals surface area contributed by atoms with Crippen LogP contribution in [-0.2, 0) is 28.0 Å². The van der Waals surface area contributed by atoms with E-state index >= 15 is 0 Å². The van der Waals surface area contributed by atoms with Gasteiger partial charge in [0.25, 0.3) is 0 Å². The Morgan fingerprint density at radius 3 is 2.11 bits per heavy atom. The second kappa shape index (κ2) is 16.6. The molecule has 2 rings (SSSR count). The van der Waals surface area contributed by atoms with Gasteiger partial charge in [0.1, 0.15) is 19.7 Å². The van der Waals surface area contributed by atoms with E-state index < -0.39 is 19.9 Å². The number of rotatable bonds is 20. The Labute approximate surface area is 218 Å². The molecule has 9 heteroatoms. The predicted molar refractivity (Wildman–Crippen MR) is 138 cm³/mol. The molecule has 0 N–H and O–H groups in total. The number of carbonyl (C=O) groups excluding carboxylic acids is 1. The van der Waals surface area contributed by atoms with Crippen LogP contribution in [0.5, 0.6) is 0 Å². The zero-order valence-electron chi connectivity index (χ0n) is 22.7. The van der Waals surface area contributed by atoms with Crippen LogP contribution < -0.4 is 4.89 Å². The lowest BCUT2D eigenvalue weighted by molar-refractivity contribution is -1.04. The molecule has 8 nitrogen and oxygen atoms in total. The number of hydrogen-bond donors (Lipinski definition) is 0. The minimum Gasteiger partial charge on any atom is -0.742 e. The van der Waals surface area contributed by atoms with Gasteiger partial charge in [-0.3, -0.25) is 9.36 Å². The van der Waals surface area contributed by atoms with Gasteiger partial charge in [-0.1, -0.05) is 90.4 Å². The van der Waals surface area contributed by atoms with Gasteiger partial charge < -0.3 is 18.9 Å². The van der Waals surface area contributed by atoms with Gasteiger partial charge in [0, 0.05) is 13.5 Å². The van der Waals surface area contributed by atoms with Gasteiger partial charge in [-0.25, -0.2) is 0 Å². The van der Waals surface area contributed by atoms with Crippen molar-refractivity contribution in [1.82, 2.24) is 0 Å². The molecule has 2 bridgehead atoms. The average Bonchev–Trinajstić information content (AvgIpc) is 2.79. The van der Waals surface area contributed by atoms with Crippen molar-refractivity contribution in [3.63, 3.8) is 0 Å². The molecule has 3 unspecified atom stereocenters. The van der Waals surface area contributed by atoms with Crippen molar-refractivity contribution in [1.29, 1.82) is 0 Å². The SMILES string of the molecule is CCCCCCCCCCCCCCCCOCC(CC1=C2C=CC[N+]1(C)OP(=O)([O-])O2)OC(C)=O. The molecule has 0 aliphatic carbocycles. The smallest absolute Gasteiger partial charge is 0.374 e. The summed E-state index contributed by atoms with van der Waals surface area (Å²) in [6.07, 6.45) is 21.4. The molecule has 0 fully saturated rings. The lowest BCUT2D eigenvalue weighted by Crippen LogP contribution is -2.49. The van der Waals surface area contributed by atoms with Gasteiger partial charge >= 0.3 is 13.8 Å². The first-order valence-corrected chi connectivity index (χ1v) is 15.4. The molecule has 0 saturated heterocycles. The van der Waals surface area contributed by atoms with E-state index in [1.165, 1.54) is 84.0 Å². The molecule has 36 heavy (non-hydrogen) atoms. The number of esters is 1. The summed E-state index contributed by atoms with van der Waals surface area (Å²) >= 11 is 0. The summed E-state index contributed by atoms with van der Waals surface area (Å²) in [6, 6.07) is 0. The van der Waals surface area contributed by atoms with Crippen LogP contribution in [0.2, 0.25) is 0 Å². The largest absolute Gasteiger partial charge is 0.742 e. The van der Waals surface area contributed by atoms with Crippen molar-refractivity contribution in [2.45, 2.75) is 116 Å². The Bertz CT molecular complexity index is 769. The number of fused-ring (bicyclic) bond motifs is 1. The second-order valence-corrected chi connectivity index (χ2v) is 11.5. The van der Waals surface area contributed by atoms with Crippen LogP contribution in [0, 0.1) is 0 Å². The lowest BCUT2D eigenvalue weighted by atomic mass is 10.0. The average molecular weight is 530 g/mol. The normalized spacial score (nSPS) is 24.0. The lowest BCUT2D eigenvalue weighted by Gasteiger charge is -2.43. The molecule has 2 aliphatic heterocycles. The van der Waals surface area contributed by atoms with E-state index in [0.29, 0.717) is 18.8 Å². The molecule has 208 valence electrons. The maximum Gasteiger partial charge on any atom is 0.374 e. The number of nitrogens with zero attached hydrogens (tertiary/aromatic N) is 1. The molecule has 3 atom stereocenters. The Kier molecular flexibility index (Phi) is 14.3. The summed E-state index contributed by atoms with van der Waals surface area (Å²) < 4.78 is 33.2. The van der Waals surface area contributed by atoms with Crippen LogP contribution in [0.3, 0.4) is 0 Å². The number of unbranched alkanes of at least 4 members (excludes halogenated alkanes) is 13. The zero-order chi connectivity index (χ0) is 26.3. The van der Waals surface area contributed by atoms with Crippen molar-refractivity contribution in [2.75, 3.05) is 26.8 Å². The van der Waals surface area contributed by atoms with Crippen molar-refractivity contribution in [2.24, 2.45) is 0 Å². The number of phosphoric ester groups is 1. The Morgan fingerprint density at radius 2 is 1.58 bits per heavy atom. The molecule has 2 heterocycles. The molecule has 0 saturated carbocycles. The number of ether oxygens (including phenoxy) is 2. The van der Waals surface area contributed by atoms with Gasteiger partial charge in [0.15, 0.2) is 11.5 Å². The molecule has 0 amide bonds. The highest BCUT2D eigenvalue weighted by Gasteiger charge is 2.46.